The second-order valence-corrected chi connectivity index (χ2v) is 24.9. The fourth-order valence-electron chi connectivity index (χ4n) is 4.41. The van der Waals surface area contributed by atoms with E-state index < -0.39 is 59.1 Å². The highest BCUT2D eigenvalue weighted by Gasteiger charge is 2.74. The van der Waals surface area contributed by atoms with Gasteiger partial charge in [-0.25, -0.2) is 4.79 Å². The Balaban J connectivity index is 7.36. The van der Waals surface area contributed by atoms with Crippen molar-refractivity contribution in [3.05, 3.63) is 0 Å². The van der Waals surface area contributed by atoms with Crippen LogP contribution >= 0.6 is 0 Å². The standard InChI is InChI=1S/C15H32O7Si3/c1-23(2,3)15(13(20)21,24(4,5)6)14(12(18)19,10-11(16)17)22-25(7,8)9/h10H2,1-9H3,(H,16,17)(H,18,19)(H,20,21). The molecule has 0 aromatic rings. The summed E-state index contributed by atoms with van der Waals surface area (Å²) in [4.78, 5) is 36.8. The van der Waals surface area contributed by atoms with E-state index in [2.05, 4.69) is 0 Å². The van der Waals surface area contributed by atoms with E-state index in [0.717, 1.165) is 0 Å². The number of carboxylic acids is 3. The van der Waals surface area contributed by atoms with Gasteiger partial charge < -0.3 is 19.7 Å². The van der Waals surface area contributed by atoms with Gasteiger partial charge in [0, 0.05) is 0 Å². The Kier molecular flexibility index (Phi) is 6.70. The maximum atomic E-state index is 12.7. The maximum absolute atomic E-state index is 12.7. The Morgan fingerprint density at radius 3 is 1.28 bits per heavy atom. The van der Waals surface area contributed by atoms with Crippen molar-refractivity contribution in [3.63, 3.8) is 0 Å². The minimum Gasteiger partial charge on any atom is -0.481 e. The Morgan fingerprint density at radius 1 is 0.760 bits per heavy atom. The van der Waals surface area contributed by atoms with E-state index in [1.807, 2.05) is 0 Å². The van der Waals surface area contributed by atoms with Crippen LogP contribution in [-0.2, 0) is 18.8 Å². The van der Waals surface area contributed by atoms with Crippen LogP contribution in [0.3, 0.4) is 0 Å². The van der Waals surface area contributed by atoms with Gasteiger partial charge in [0.2, 0.25) is 0 Å². The molecule has 0 aliphatic heterocycles. The van der Waals surface area contributed by atoms with E-state index in [-0.39, 0.29) is 0 Å². The molecule has 7 nitrogen and oxygen atoms in total. The number of hydrogen-bond acceptors (Lipinski definition) is 4. The van der Waals surface area contributed by atoms with Gasteiger partial charge in [0.15, 0.2) is 13.9 Å². The van der Waals surface area contributed by atoms with E-state index in [1.54, 1.807) is 58.9 Å². The van der Waals surface area contributed by atoms with Gasteiger partial charge in [0.05, 0.1) is 27.2 Å². The van der Waals surface area contributed by atoms with Crippen molar-refractivity contribution in [2.75, 3.05) is 0 Å². The fraction of sp³-hybridized carbons (Fsp3) is 0.800. The molecular formula is C15H32O7Si3. The molecule has 0 spiro atoms. The summed E-state index contributed by atoms with van der Waals surface area (Å²) in [5.74, 6) is -4.12. The Morgan fingerprint density at radius 2 is 1.12 bits per heavy atom. The van der Waals surface area contributed by atoms with Crippen LogP contribution in [0.1, 0.15) is 6.42 Å². The Hall–Kier alpha value is -0.979. The molecule has 0 aromatic carbocycles. The second kappa shape index (κ2) is 6.97. The van der Waals surface area contributed by atoms with E-state index in [4.69, 9.17) is 4.43 Å². The monoisotopic (exact) mass is 408 g/mol. The number of carbonyl (C=O) groups is 3. The van der Waals surface area contributed by atoms with Crippen molar-refractivity contribution in [1.29, 1.82) is 0 Å². The molecule has 0 amide bonds. The molecule has 10 heteroatoms. The fourth-order valence-corrected chi connectivity index (χ4v) is 19.2. The number of rotatable bonds is 9. The van der Waals surface area contributed by atoms with Crippen LogP contribution in [0.25, 0.3) is 0 Å². The first-order chi connectivity index (χ1) is 10.8. The van der Waals surface area contributed by atoms with Gasteiger partial charge in [-0.3, -0.25) is 9.59 Å². The van der Waals surface area contributed by atoms with Gasteiger partial charge in [-0.2, -0.15) is 0 Å². The zero-order valence-electron chi connectivity index (χ0n) is 16.7. The molecule has 146 valence electrons. The van der Waals surface area contributed by atoms with Gasteiger partial charge >= 0.3 is 17.9 Å². The first-order valence-electron chi connectivity index (χ1n) is 8.15. The van der Waals surface area contributed by atoms with Crippen molar-refractivity contribution in [1.82, 2.24) is 0 Å². The normalized spacial score (nSPS) is 16.2. The average Bonchev–Trinajstić information content (AvgIpc) is 2.19. The highest BCUT2D eigenvalue weighted by molar-refractivity contribution is 7.03. The van der Waals surface area contributed by atoms with E-state index in [9.17, 15) is 29.7 Å². The third-order valence-corrected chi connectivity index (χ3v) is 15.6. The Labute approximate surface area is 152 Å². The lowest BCUT2D eigenvalue weighted by atomic mass is 9.94. The molecule has 0 heterocycles. The van der Waals surface area contributed by atoms with Gasteiger partial charge in [-0.15, -0.1) is 0 Å². The van der Waals surface area contributed by atoms with Crippen molar-refractivity contribution in [3.8, 4) is 0 Å². The summed E-state index contributed by atoms with van der Waals surface area (Å²) in [6.07, 6.45) is -0.868. The summed E-state index contributed by atoms with van der Waals surface area (Å²) >= 11 is 0. The van der Waals surface area contributed by atoms with Gasteiger partial charge in [0.1, 0.15) is 0 Å². The lowest BCUT2D eigenvalue weighted by molar-refractivity contribution is -0.171. The highest BCUT2D eigenvalue weighted by Crippen LogP contribution is 2.58. The molecule has 0 saturated heterocycles. The zero-order valence-corrected chi connectivity index (χ0v) is 19.7. The molecule has 1 unspecified atom stereocenters. The first-order valence-corrected chi connectivity index (χ1v) is 18.6. The average molecular weight is 409 g/mol. The molecule has 0 aliphatic carbocycles. The van der Waals surface area contributed by atoms with Crippen LogP contribution in [0.4, 0.5) is 0 Å². The van der Waals surface area contributed by atoms with Crippen LogP contribution in [0.15, 0.2) is 0 Å². The molecule has 0 bridgehead atoms. The molecule has 1 atom stereocenters. The van der Waals surface area contributed by atoms with E-state index in [0.29, 0.717) is 0 Å². The third kappa shape index (κ3) is 4.23. The summed E-state index contributed by atoms with van der Waals surface area (Å²) in [5, 5.41) is 30.0. The van der Waals surface area contributed by atoms with E-state index in [1.165, 1.54) is 0 Å². The Bertz CT molecular complexity index is 541. The highest BCUT2D eigenvalue weighted by atomic mass is 28.4. The zero-order chi connectivity index (χ0) is 20.6. The molecule has 0 aliphatic rings. The van der Waals surface area contributed by atoms with E-state index >= 15 is 0 Å². The van der Waals surface area contributed by atoms with Gasteiger partial charge in [0.25, 0.3) is 0 Å². The third-order valence-electron chi connectivity index (χ3n) is 4.40. The molecule has 0 aromatic heterocycles. The summed E-state index contributed by atoms with van der Waals surface area (Å²) in [6, 6.07) is 0. The summed E-state index contributed by atoms with van der Waals surface area (Å²) < 4.78 is 4.30. The SMILES string of the molecule is C[Si](C)(C)OC(CC(=O)O)(C(=O)O)C(C(=O)O)([Si](C)(C)C)[Si](C)(C)C. The van der Waals surface area contributed by atoms with Gasteiger partial charge in [-0.05, 0) is 19.6 Å². The molecule has 25 heavy (non-hydrogen) atoms. The lowest BCUT2D eigenvalue weighted by Gasteiger charge is -2.58. The van der Waals surface area contributed by atoms with Crippen molar-refractivity contribution < 1.29 is 34.1 Å². The van der Waals surface area contributed by atoms with Crippen LogP contribution in [0, 0.1) is 0 Å². The molecule has 0 saturated carbocycles. The summed E-state index contributed by atoms with van der Waals surface area (Å²) in [5.41, 5.74) is -2.29. The van der Waals surface area contributed by atoms with Crippen molar-refractivity contribution >= 4 is 42.4 Å². The molecule has 3 N–H and O–H groups in total. The van der Waals surface area contributed by atoms with Crippen LogP contribution in [-0.4, -0.2) is 63.3 Å². The largest absolute Gasteiger partial charge is 0.481 e. The number of carboxylic acid groups (broad SMARTS) is 3. The minimum atomic E-state index is -2.78. The lowest BCUT2D eigenvalue weighted by Crippen LogP contribution is -2.74. The summed E-state index contributed by atoms with van der Waals surface area (Å²) in [6.45, 7) is 15.9. The molecule has 0 rings (SSSR count). The first kappa shape index (κ1) is 24.0. The minimum absolute atomic E-state index is 0.868. The van der Waals surface area contributed by atoms with Gasteiger partial charge in [-0.1, -0.05) is 39.3 Å². The van der Waals surface area contributed by atoms with Crippen LogP contribution in [0.2, 0.25) is 63.6 Å². The topological polar surface area (TPSA) is 121 Å². The number of aliphatic carboxylic acids is 3. The second-order valence-electron chi connectivity index (χ2n) is 9.47. The van der Waals surface area contributed by atoms with Crippen molar-refractivity contribution in [2.24, 2.45) is 0 Å². The van der Waals surface area contributed by atoms with Crippen LogP contribution < -0.4 is 0 Å². The summed E-state index contributed by atoms with van der Waals surface area (Å²) in [7, 11) is -8.17. The smallest absolute Gasteiger partial charge is 0.336 e. The number of hydrogen-bond donors (Lipinski definition) is 3. The quantitative estimate of drug-likeness (QED) is 0.501. The molecular weight excluding hydrogens is 376 g/mol. The van der Waals surface area contributed by atoms with Crippen LogP contribution in [0.5, 0.6) is 0 Å². The molecule has 0 fully saturated rings. The predicted octanol–water partition coefficient (Wildman–Crippen LogP) is 3.18. The molecule has 0 radical (unpaired) electrons. The van der Waals surface area contributed by atoms with Crippen molar-refractivity contribution in [2.45, 2.75) is 75.6 Å². The predicted molar refractivity (Wildman–Crippen MR) is 104 cm³/mol. The maximum Gasteiger partial charge on any atom is 0.336 e.